The minimum Gasteiger partial charge on any atom is -0.479 e. The summed E-state index contributed by atoms with van der Waals surface area (Å²) in [6.07, 6.45) is 1.17. The summed E-state index contributed by atoms with van der Waals surface area (Å²) in [6.45, 7) is 0. The molecule has 1 heterocycles. The first-order valence-corrected chi connectivity index (χ1v) is 4.88. The highest BCUT2D eigenvalue weighted by Crippen LogP contribution is 2.30. The number of rotatable bonds is 3. The Morgan fingerprint density at radius 2 is 1.67 bits per heavy atom. The summed E-state index contributed by atoms with van der Waals surface area (Å²) in [6, 6.07) is 2.75. The highest BCUT2D eigenvalue weighted by Gasteiger charge is 2.11. The lowest BCUT2D eigenvalue weighted by molar-refractivity contribution is 0.391. The van der Waals surface area contributed by atoms with E-state index in [4.69, 9.17) is 15.2 Å². The van der Waals surface area contributed by atoms with Gasteiger partial charge in [0.05, 0.1) is 7.11 Å². The molecule has 0 aliphatic rings. The fraction of sp³-hybridized carbons (Fsp3) is 0.0909. The van der Waals surface area contributed by atoms with Crippen molar-refractivity contribution < 1.29 is 18.3 Å². The standard InChI is InChI=1S/C11H9F2N3O2/c1-17-10-9(14)11(16-5-15-10)18-8-3-6(12)2-7(13)4-8/h2-5H,14H2,1H3. The molecule has 0 amide bonds. The summed E-state index contributed by atoms with van der Waals surface area (Å²) >= 11 is 0. The van der Waals surface area contributed by atoms with Crippen LogP contribution in [0.3, 0.4) is 0 Å². The van der Waals surface area contributed by atoms with Crippen LogP contribution in [0, 0.1) is 11.6 Å². The SMILES string of the molecule is COc1ncnc(Oc2cc(F)cc(F)c2)c1N. The molecule has 2 N–H and O–H groups in total. The van der Waals surface area contributed by atoms with Crippen molar-refractivity contribution in [3.8, 4) is 17.5 Å². The van der Waals surface area contributed by atoms with E-state index in [1.165, 1.54) is 13.4 Å². The zero-order chi connectivity index (χ0) is 13.1. The summed E-state index contributed by atoms with van der Waals surface area (Å²) in [7, 11) is 1.38. The molecule has 5 nitrogen and oxygen atoms in total. The van der Waals surface area contributed by atoms with E-state index in [0.717, 1.165) is 18.2 Å². The Kier molecular flexibility index (Phi) is 3.22. The number of nitrogens with zero attached hydrogens (tertiary/aromatic N) is 2. The van der Waals surface area contributed by atoms with Crippen molar-refractivity contribution in [2.45, 2.75) is 0 Å². The third kappa shape index (κ3) is 2.45. The van der Waals surface area contributed by atoms with E-state index in [-0.39, 0.29) is 23.2 Å². The summed E-state index contributed by atoms with van der Waals surface area (Å²) in [5, 5.41) is 0. The first kappa shape index (κ1) is 12.0. The first-order chi connectivity index (χ1) is 8.60. The molecule has 0 saturated heterocycles. The number of hydrogen-bond acceptors (Lipinski definition) is 5. The van der Waals surface area contributed by atoms with Crippen LogP contribution in [0.15, 0.2) is 24.5 Å². The minimum atomic E-state index is -0.760. The van der Waals surface area contributed by atoms with Crippen LogP contribution < -0.4 is 15.2 Å². The molecule has 0 unspecified atom stereocenters. The highest BCUT2D eigenvalue weighted by molar-refractivity contribution is 5.56. The number of nitrogen functional groups attached to an aromatic ring is 1. The molecular formula is C11H9F2N3O2. The topological polar surface area (TPSA) is 70.3 Å². The molecule has 1 aromatic heterocycles. The average molecular weight is 253 g/mol. The molecule has 0 saturated carbocycles. The Morgan fingerprint density at radius 1 is 1.06 bits per heavy atom. The van der Waals surface area contributed by atoms with Crippen LogP contribution >= 0.6 is 0 Å². The summed E-state index contributed by atoms with van der Waals surface area (Å²) in [4.78, 5) is 7.51. The Hall–Kier alpha value is -2.44. The molecule has 94 valence electrons. The second-order valence-corrected chi connectivity index (χ2v) is 3.31. The van der Waals surface area contributed by atoms with E-state index in [9.17, 15) is 8.78 Å². The Labute approximate surface area is 101 Å². The average Bonchev–Trinajstić information content (AvgIpc) is 2.30. The first-order valence-electron chi connectivity index (χ1n) is 4.88. The lowest BCUT2D eigenvalue weighted by Crippen LogP contribution is -2.00. The van der Waals surface area contributed by atoms with Crippen molar-refractivity contribution in [2.75, 3.05) is 12.8 Å². The molecule has 0 radical (unpaired) electrons. The van der Waals surface area contributed by atoms with Gasteiger partial charge in [0.2, 0.25) is 11.8 Å². The molecular weight excluding hydrogens is 244 g/mol. The molecule has 1 aromatic carbocycles. The Balaban J connectivity index is 2.34. The molecule has 7 heteroatoms. The fourth-order valence-corrected chi connectivity index (χ4v) is 1.31. The molecule has 2 rings (SSSR count). The fourth-order valence-electron chi connectivity index (χ4n) is 1.31. The quantitative estimate of drug-likeness (QED) is 0.907. The number of benzene rings is 1. The minimum absolute atomic E-state index is 0.0353. The van der Waals surface area contributed by atoms with Crippen molar-refractivity contribution in [3.05, 3.63) is 36.2 Å². The van der Waals surface area contributed by atoms with Crippen LogP contribution in [0.2, 0.25) is 0 Å². The van der Waals surface area contributed by atoms with Gasteiger partial charge in [-0.2, -0.15) is 9.97 Å². The Morgan fingerprint density at radius 3 is 2.28 bits per heavy atom. The van der Waals surface area contributed by atoms with Crippen molar-refractivity contribution in [2.24, 2.45) is 0 Å². The summed E-state index contributed by atoms with van der Waals surface area (Å²) in [5.74, 6) is -1.49. The number of nitrogens with two attached hydrogens (primary N) is 1. The van der Waals surface area contributed by atoms with E-state index >= 15 is 0 Å². The van der Waals surface area contributed by atoms with E-state index in [0.29, 0.717) is 0 Å². The van der Waals surface area contributed by atoms with Gasteiger partial charge in [-0.3, -0.25) is 0 Å². The van der Waals surface area contributed by atoms with Crippen LogP contribution in [0.25, 0.3) is 0 Å². The number of ether oxygens (including phenoxy) is 2. The van der Waals surface area contributed by atoms with Crippen molar-refractivity contribution in [1.82, 2.24) is 9.97 Å². The predicted molar refractivity (Wildman–Crippen MR) is 59.4 cm³/mol. The number of anilines is 1. The Bertz CT molecular complexity index is 558. The third-order valence-corrected chi connectivity index (χ3v) is 2.05. The van der Waals surface area contributed by atoms with Crippen LogP contribution in [0.5, 0.6) is 17.5 Å². The smallest absolute Gasteiger partial charge is 0.249 e. The van der Waals surface area contributed by atoms with Gasteiger partial charge in [0, 0.05) is 18.2 Å². The second-order valence-electron chi connectivity index (χ2n) is 3.31. The number of aromatic nitrogens is 2. The third-order valence-electron chi connectivity index (χ3n) is 2.05. The van der Waals surface area contributed by atoms with Gasteiger partial charge in [0.1, 0.15) is 23.7 Å². The largest absolute Gasteiger partial charge is 0.479 e. The van der Waals surface area contributed by atoms with Gasteiger partial charge < -0.3 is 15.2 Å². The van der Waals surface area contributed by atoms with Crippen LogP contribution in [0.4, 0.5) is 14.5 Å². The van der Waals surface area contributed by atoms with Gasteiger partial charge in [-0.05, 0) is 0 Å². The molecule has 0 spiro atoms. The number of halogens is 2. The maximum Gasteiger partial charge on any atom is 0.249 e. The number of methoxy groups -OCH3 is 1. The summed E-state index contributed by atoms with van der Waals surface area (Å²) in [5.41, 5.74) is 5.70. The van der Waals surface area contributed by atoms with Crippen LogP contribution in [-0.4, -0.2) is 17.1 Å². The zero-order valence-electron chi connectivity index (χ0n) is 9.35. The second kappa shape index (κ2) is 4.82. The van der Waals surface area contributed by atoms with Crippen molar-refractivity contribution in [3.63, 3.8) is 0 Å². The molecule has 0 fully saturated rings. The van der Waals surface area contributed by atoms with Crippen molar-refractivity contribution in [1.29, 1.82) is 0 Å². The van der Waals surface area contributed by atoms with E-state index in [1.54, 1.807) is 0 Å². The molecule has 0 bridgehead atoms. The van der Waals surface area contributed by atoms with Gasteiger partial charge in [-0.1, -0.05) is 0 Å². The van der Waals surface area contributed by atoms with Crippen LogP contribution in [-0.2, 0) is 0 Å². The van der Waals surface area contributed by atoms with Gasteiger partial charge in [-0.25, -0.2) is 8.78 Å². The van der Waals surface area contributed by atoms with Gasteiger partial charge in [-0.15, -0.1) is 0 Å². The predicted octanol–water partition coefficient (Wildman–Crippen LogP) is 2.14. The molecule has 0 aliphatic heterocycles. The molecule has 2 aromatic rings. The van der Waals surface area contributed by atoms with Gasteiger partial charge in [0.15, 0.2) is 5.69 Å². The molecule has 18 heavy (non-hydrogen) atoms. The zero-order valence-corrected chi connectivity index (χ0v) is 9.35. The molecule has 0 aliphatic carbocycles. The van der Waals surface area contributed by atoms with Crippen molar-refractivity contribution >= 4 is 5.69 Å². The van der Waals surface area contributed by atoms with Crippen LogP contribution in [0.1, 0.15) is 0 Å². The van der Waals surface area contributed by atoms with Gasteiger partial charge >= 0.3 is 0 Å². The van der Waals surface area contributed by atoms with E-state index in [2.05, 4.69) is 9.97 Å². The number of hydrogen-bond donors (Lipinski definition) is 1. The normalized spacial score (nSPS) is 10.2. The van der Waals surface area contributed by atoms with E-state index < -0.39 is 11.6 Å². The summed E-state index contributed by atoms with van der Waals surface area (Å²) < 4.78 is 36.0. The maximum absolute atomic E-state index is 13.0. The van der Waals surface area contributed by atoms with E-state index in [1.807, 2.05) is 0 Å². The highest BCUT2D eigenvalue weighted by atomic mass is 19.1. The lowest BCUT2D eigenvalue weighted by Gasteiger charge is -2.09. The monoisotopic (exact) mass is 253 g/mol. The molecule has 0 atom stereocenters. The lowest BCUT2D eigenvalue weighted by atomic mass is 10.3. The maximum atomic E-state index is 13.0. The van der Waals surface area contributed by atoms with Gasteiger partial charge in [0.25, 0.3) is 0 Å².